The second-order valence-electron chi connectivity index (χ2n) is 5.57. The summed E-state index contributed by atoms with van der Waals surface area (Å²) in [5.41, 5.74) is 1.09. The van der Waals surface area contributed by atoms with E-state index in [9.17, 15) is 14.9 Å². The van der Waals surface area contributed by atoms with Crippen LogP contribution in [0.25, 0.3) is 0 Å². The van der Waals surface area contributed by atoms with Gasteiger partial charge in [-0.1, -0.05) is 36.4 Å². The average Bonchev–Trinajstić information content (AvgIpc) is 3.17. The van der Waals surface area contributed by atoms with Crippen molar-refractivity contribution >= 4 is 28.5 Å². The van der Waals surface area contributed by atoms with Gasteiger partial charge in [0, 0.05) is 22.1 Å². The molecule has 1 heterocycles. The molecule has 0 spiro atoms. The van der Waals surface area contributed by atoms with E-state index in [-0.39, 0.29) is 17.5 Å². The van der Waals surface area contributed by atoms with E-state index >= 15 is 0 Å². The van der Waals surface area contributed by atoms with Gasteiger partial charge in [0.15, 0.2) is 5.78 Å². The zero-order valence-corrected chi connectivity index (χ0v) is 14.3. The Bertz CT molecular complexity index is 892. The first-order valence-corrected chi connectivity index (χ1v) is 8.62. The van der Waals surface area contributed by atoms with Crippen LogP contribution in [0.4, 0.5) is 11.4 Å². The van der Waals surface area contributed by atoms with Gasteiger partial charge in [-0.05, 0) is 30.5 Å². The summed E-state index contributed by atoms with van der Waals surface area (Å²) in [6, 6.07) is 17.1. The van der Waals surface area contributed by atoms with Crippen LogP contribution in [0, 0.1) is 10.1 Å². The van der Waals surface area contributed by atoms with Crippen LogP contribution in [-0.2, 0) is 0 Å². The highest BCUT2D eigenvalue weighted by Crippen LogP contribution is 2.31. The van der Waals surface area contributed by atoms with Crippen LogP contribution in [0.3, 0.4) is 0 Å². The minimum absolute atomic E-state index is 0.0608. The molecule has 0 fully saturated rings. The largest absolute Gasteiger partial charge is 0.372 e. The van der Waals surface area contributed by atoms with Gasteiger partial charge in [-0.25, -0.2) is 0 Å². The number of hydrogen-bond acceptors (Lipinski definition) is 5. The van der Waals surface area contributed by atoms with Gasteiger partial charge < -0.3 is 5.32 Å². The summed E-state index contributed by atoms with van der Waals surface area (Å²) in [5, 5.41) is 16.6. The molecule has 25 heavy (non-hydrogen) atoms. The van der Waals surface area contributed by atoms with Crippen LogP contribution >= 0.6 is 11.3 Å². The van der Waals surface area contributed by atoms with Gasteiger partial charge in [-0.3, -0.25) is 14.9 Å². The van der Waals surface area contributed by atoms with Crippen molar-refractivity contribution in [2.24, 2.45) is 0 Å². The highest BCUT2D eigenvalue weighted by molar-refractivity contribution is 7.10. The van der Waals surface area contributed by atoms with Gasteiger partial charge in [0.25, 0.3) is 5.69 Å². The number of rotatable bonds is 6. The Kier molecular flexibility index (Phi) is 4.90. The first kappa shape index (κ1) is 16.9. The van der Waals surface area contributed by atoms with Gasteiger partial charge in [0.05, 0.1) is 11.0 Å². The van der Waals surface area contributed by atoms with Crippen molar-refractivity contribution in [2.75, 3.05) is 5.32 Å². The Morgan fingerprint density at radius 1 is 1.08 bits per heavy atom. The zero-order chi connectivity index (χ0) is 17.8. The third-order valence-electron chi connectivity index (χ3n) is 3.83. The van der Waals surface area contributed by atoms with E-state index in [4.69, 9.17) is 0 Å². The number of nitro benzene ring substituents is 1. The van der Waals surface area contributed by atoms with Gasteiger partial charge in [0.2, 0.25) is 0 Å². The van der Waals surface area contributed by atoms with Crippen molar-refractivity contribution in [1.29, 1.82) is 0 Å². The number of carbonyl (C=O) groups is 1. The number of ketones is 1. The first-order chi connectivity index (χ1) is 12.1. The molecule has 0 amide bonds. The van der Waals surface area contributed by atoms with Gasteiger partial charge in [0.1, 0.15) is 5.69 Å². The summed E-state index contributed by atoms with van der Waals surface area (Å²) in [6.07, 6.45) is 0. The maximum atomic E-state index is 12.5. The summed E-state index contributed by atoms with van der Waals surface area (Å²) in [5.74, 6) is -0.235. The highest BCUT2D eigenvalue weighted by Gasteiger charge is 2.20. The van der Waals surface area contributed by atoms with Crippen molar-refractivity contribution < 1.29 is 9.72 Å². The maximum Gasteiger partial charge on any atom is 0.293 e. The number of thiophene rings is 1. The molecule has 0 aliphatic heterocycles. The molecule has 5 nitrogen and oxygen atoms in total. The zero-order valence-electron chi connectivity index (χ0n) is 13.5. The summed E-state index contributed by atoms with van der Waals surface area (Å²) < 4.78 is 0. The number of nitro groups is 1. The Balaban J connectivity index is 1.91. The SMILES string of the molecule is C[C@H](Nc1ccc(C(=O)c2ccccc2)cc1[N+](=O)[O-])c1cccs1. The summed E-state index contributed by atoms with van der Waals surface area (Å²) in [6.45, 7) is 1.94. The molecule has 1 N–H and O–H groups in total. The second-order valence-corrected chi connectivity index (χ2v) is 6.54. The Hall–Kier alpha value is -2.99. The molecule has 0 aliphatic carbocycles. The Morgan fingerprint density at radius 2 is 1.84 bits per heavy atom. The molecule has 3 rings (SSSR count). The monoisotopic (exact) mass is 352 g/mol. The van der Waals surface area contributed by atoms with Crippen LogP contribution in [0.2, 0.25) is 0 Å². The lowest BCUT2D eigenvalue weighted by Crippen LogP contribution is -2.08. The fourth-order valence-electron chi connectivity index (χ4n) is 2.54. The van der Waals surface area contributed by atoms with Crippen LogP contribution in [0.15, 0.2) is 66.0 Å². The van der Waals surface area contributed by atoms with Crippen LogP contribution in [0.1, 0.15) is 33.8 Å². The lowest BCUT2D eigenvalue weighted by Gasteiger charge is -2.14. The first-order valence-electron chi connectivity index (χ1n) is 7.74. The molecule has 0 saturated heterocycles. The van der Waals surface area contributed by atoms with E-state index in [0.717, 1.165) is 4.88 Å². The standard InChI is InChI=1S/C19H16N2O3S/c1-13(18-8-5-11-25-18)20-16-10-9-15(12-17(16)21(23)24)19(22)14-6-3-2-4-7-14/h2-13,20H,1H3/t13-/m0/s1. The lowest BCUT2D eigenvalue weighted by molar-refractivity contribution is -0.384. The van der Waals surface area contributed by atoms with Crippen molar-refractivity contribution in [1.82, 2.24) is 0 Å². The molecular weight excluding hydrogens is 336 g/mol. The molecule has 0 bridgehead atoms. The summed E-state index contributed by atoms with van der Waals surface area (Å²) in [4.78, 5) is 24.6. The molecule has 0 unspecified atom stereocenters. The number of carbonyl (C=O) groups excluding carboxylic acids is 1. The van der Waals surface area contributed by atoms with Crippen molar-refractivity contribution in [3.8, 4) is 0 Å². The van der Waals surface area contributed by atoms with Gasteiger partial charge in [-0.2, -0.15) is 0 Å². The highest BCUT2D eigenvalue weighted by atomic mass is 32.1. The molecule has 6 heteroatoms. The molecule has 1 aromatic heterocycles. The topological polar surface area (TPSA) is 72.2 Å². The summed E-state index contributed by atoms with van der Waals surface area (Å²) >= 11 is 1.58. The molecule has 0 saturated carbocycles. The maximum absolute atomic E-state index is 12.5. The fourth-order valence-corrected chi connectivity index (χ4v) is 3.28. The molecule has 126 valence electrons. The average molecular weight is 352 g/mol. The van der Waals surface area contributed by atoms with E-state index in [1.165, 1.54) is 6.07 Å². The predicted octanol–water partition coefficient (Wildman–Crippen LogP) is 5.06. The minimum atomic E-state index is -0.467. The van der Waals surface area contributed by atoms with E-state index < -0.39 is 4.92 Å². The summed E-state index contributed by atoms with van der Waals surface area (Å²) in [7, 11) is 0. The smallest absolute Gasteiger partial charge is 0.293 e. The normalized spacial score (nSPS) is 11.7. The van der Waals surface area contributed by atoms with Crippen LogP contribution < -0.4 is 5.32 Å². The lowest BCUT2D eigenvalue weighted by atomic mass is 10.0. The van der Waals surface area contributed by atoms with Crippen LogP contribution in [0.5, 0.6) is 0 Å². The number of hydrogen-bond donors (Lipinski definition) is 1. The predicted molar refractivity (Wildman–Crippen MR) is 99.3 cm³/mol. The van der Waals surface area contributed by atoms with Crippen molar-refractivity contribution in [2.45, 2.75) is 13.0 Å². The second kappa shape index (κ2) is 7.27. The van der Waals surface area contributed by atoms with Gasteiger partial charge >= 0.3 is 0 Å². The quantitative estimate of drug-likeness (QED) is 0.382. The number of anilines is 1. The number of nitrogens with zero attached hydrogens (tertiary/aromatic N) is 1. The molecule has 1 atom stereocenters. The molecule has 0 aliphatic rings. The molecule has 0 radical (unpaired) electrons. The van der Waals surface area contributed by atoms with Crippen LogP contribution in [-0.4, -0.2) is 10.7 Å². The Morgan fingerprint density at radius 3 is 2.48 bits per heavy atom. The molecular formula is C19H16N2O3S. The van der Waals surface area contributed by atoms with E-state index in [0.29, 0.717) is 16.8 Å². The Labute approximate surface area is 149 Å². The van der Waals surface area contributed by atoms with E-state index in [1.54, 1.807) is 47.7 Å². The fraction of sp³-hybridized carbons (Fsp3) is 0.105. The van der Waals surface area contributed by atoms with Crippen molar-refractivity contribution in [3.05, 3.63) is 92.2 Å². The minimum Gasteiger partial charge on any atom is -0.372 e. The third kappa shape index (κ3) is 3.75. The molecule has 2 aromatic carbocycles. The number of benzene rings is 2. The number of nitrogens with one attached hydrogen (secondary N) is 1. The van der Waals surface area contributed by atoms with Crippen molar-refractivity contribution in [3.63, 3.8) is 0 Å². The molecule has 3 aromatic rings. The van der Waals surface area contributed by atoms with E-state index in [1.807, 2.05) is 30.5 Å². The van der Waals surface area contributed by atoms with E-state index in [2.05, 4.69) is 5.32 Å². The van der Waals surface area contributed by atoms with Gasteiger partial charge in [-0.15, -0.1) is 11.3 Å². The third-order valence-corrected chi connectivity index (χ3v) is 4.89.